The molecule has 4 heteroatoms. The highest BCUT2D eigenvalue weighted by molar-refractivity contribution is 7.99. The van der Waals surface area contributed by atoms with Gasteiger partial charge >= 0.3 is 0 Å². The Bertz CT molecular complexity index is 357. The third-order valence-electron chi connectivity index (χ3n) is 2.38. The lowest BCUT2D eigenvalue weighted by atomic mass is 10.1. The second kappa shape index (κ2) is 7.24. The van der Waals surface area contributed by atoms with Gasteiger partial charge in [0.1, 0.15) is 5.82 Å². The molecule has 0 fully saturated rings. The lowest BCUT2D eigenvalue weighted by Gasteiger charge is -2.19. The predicted octanol–water partition coefficient (Wildman–Crippen LogP) is 4.27. The van der Waals surface area contributed by atoms with Gasteiger partial charge in [0.2, 0.25) is 0 Å². The van der Waals surface area contributed by atoms with Gasteiger partial charge < -0.3 is 5.32 Å². The number of thioether (sulfide) groups is 1. The molecule has 0 aliphatic carbocycles. The molecule has 96 valence electrons. The fourth-order valence-corrected chi connectivity index (χ4v) is 2.61. The van der Waals surface area contributed by atoms with Gasteiger partial charge in [-0.1, -0.05) is 38.4 Å². The Morgan fingerprint density at radius 2 is 2.12 bits per heavy atom. The molecule has 1 N–H and O–H groups in total. The van der Waals surface area contributed by atoms with E-state index in [4.69, 9.17) is 11.6 Å². The Morgan fingerprint density at radius 3 is 2.65 bits per heavy atom. The van der Waals surface area contributed by atoms with Crippen LogP contribution >= 0.6 is 23.4 Å². The summed E-state index contributed by atoms with van der Waals surface area (Å²) in [6, 6.07) is 4.93. The molecule has 1 atom stereocenters. The molecule has 0 aliphatic heterocycles. The zero-order valence-corrected chi connectivity index (χ0v) is 12.0. The number of hydrogen-bond donors (Lipinski definition) is 1. The zero-order chi connectivity index (χ0) is 12.8. The first kappa shape index (κ1) is 14.8. The highest BCUT2D eigenvalue weighted by Gasteiger charge is 2.15. The Hall–Kier alpha value is -0.250. The summed E-state index contributed by atoms with van der Waals surface area (Å²) in [4.78, 5) is 0. The van der Waals surface area contributed by atoms with Crippen LogP contribution < -0.4 is 5.32 Å². The maximum atomic E-state index is 13.8. The van der Waals surface area contributed by atoms with E-state index in [-0.39, 0.29) is 11.9 Å². The SMILES string of the molecule is CCNC(CSC(C)C)c1ccc(Cl)cc1F. The van der Waals surface area contributed by atoms with Crippen molar-refractivity contribution >= 4 is 23.4 Å². The third kappa shape index (κ3) is 4.86. The van der Waals surface area contributed by atoms with Crippen molar-refractivity contribution in [2.24, 2.45) is 0 Å². The topological polar surface area (TPSA) is 12.0 Å². The van der Waals surface area contributed by atoms with Gasteiger partial charge in [0.05, 0.1) is 0 Å². The smallest absolute Gasteiger partial charge is 0.129 e. The van der Waals surface area contributed by atoms with E-state index >= 15 is 0 Å². The molecule has 1 aromatic rings. The third-order valence-corrected chi connectivity index (χ3v) is 3.81. The van der Waals surface area contributed by atoms with Crippen molar-refractivity contribution in [1.82, 2.24) is 5.32 Å². The molecule has 0 amide bonds. The molecule has 17 heavy (non-hydrogen) atoms. The van der Waals surface area contributed by atoms with Gasteiger partial charge in [-0.05, 0) is 23.9 Å². The van der Waals surface area contributed by atoms with E-state index in [1.807, 2.05) is 18.7 Å². The maximum absolute atomic E-state index is 13.8. The van der Waals surface area contributed by atoms with Crippen molar-refractivity contribution < 1.29 is 4.39 Å². The minimum atomic E-state index is -0.229. The van der Waals surface area contributed by atoms with E-state index in [1.54, 1.807) is 12.1 Å². The minimum Gasteiger partial charge on any atom is -0.309 e. The Kier molecular flexibility index (Phi) is 6.31. The average molecular weight is 276 g/mol. The van der Waals surface area contributed by atoms with Crippen LogP contribution in [-0.2, 0) is 0 Å². The maximum Gasteiger partial charge on any atom is 0.129 e. The molecule has 0 saturated carbocycles. The van der Waals surface area contributed by atoms with Gasteiger partial charge in [-0.3, -0.25) is 0 Å². The van der Waals surface area contributed by atoms with Crippen LogP contribution in [0.25, 0.3) is 0 Å². The molecule has 1 aromatic carbocycles. The Balaban J connectivity index is 2.81. The number of rotatable bonds is 6. The van der Waals surface area contributed by atoms with Gasteiger partial charge in [0.25, 0.3) is 0 Å². The quantitative estimate of drug-likeness (QED) is 0.832. The molecule has 0 radical (unpaired) electrons. The summed E-state index contributed by atoms with van der Waals surface area (Å²) in [7, 11) is 0. The lowest BCUT2D eigenvalue weighted by molar-refractivity contribution is 0.545. The van der Waals surface area contributed by atoms with E-state index in [0.717, 1.165) is 12.3 Å². The molecule has 1 unspecified atom stereocenters. The van der Waals surface area contributed by atoms with Crippen LogP contribution in [0.3, 0.4) is 0 Å². The summed E-state index contributed by atoms with van der Waals surface area (Å²) in [5, 5.41) is 4.30. The van der Waals surface area contributed by atoms with Gasteiger partial charge in [-0.15, -0.1) is 0 Å². The standard InChI is InChI=1S/C13H19ClFNS/c1-4-16-13(8-17-9(2)3)11-6-5-10(14)7-12(11)15/h5-7,9,13,16H,4,8H2,1-3H3. The van der Waals surface area contributed by atoms with E-state index in [0.29, 0.717) is 15.8 Å². The normalized spacial score (nSPS) is 13.1. The first-order chi connectivity index (χ1) is 8.04. The molecule has 0 aliphatic rings. The van der Waals surface area contributed by atoms with Gasteiger partial charge in [-0.25, -0.2) is 4.39 Å². The van der Waals surface area contributed by atoms with Crippen LogP contribution in [0.1, 0.15) is 32.4 Å². The van der Waals surface area contributed by atoms with Gasteiger partial charge in [0, 0.05) is 22.4 Å². The van der Waals surface area contributed by atoms with Crippen LogP contribution in [0.5, 0.6) is 0 Å². The summed E-state index contributed by atoms with van der Waals surface area (Å²) in [5.74, 6) is 0.636. The Morgan fingerprint density at radius 1 is 1.41 bits per heavy atom. The molecule has 0 bridgehead atoms. The van der Waals surface area contributed by atoms with Crippen LogP contribution in [0.4, 0.5) is 4.39 Å². The van der Waals surface area contributed by atoms with Crippen LogP contribution in [0, 0.1) is 5.82 Å². The van der Waals surface area contributed by atoms with Gasteiger partial charge in [-0.2, -0.15) is 11.8 Å². The molecule has 1 rings (SSSR count). The van der Waals surface area contributed by atoms with E-state index in [9.17, 15) is 4.39 Å². The average Bonchev–Trinajstić information content (AvgIpc) is 2.24. The van der Waals surface area contributed by atoms with Crippen molar-refractivity contribution in [1.29, 1.82) is 0 Å². The molecule has 1 nitrogen and oxygen atoms in total. The summed E-state index contributed by atoms with van der Waals surface area (Å²) in [6.45, 7) is 7.14. The highest BCUT2D eigenvalue weighted by atomic mass is 35.5. The lowest BCUT2D eigenvalue weighted by Crippen LogP contribution is -2.24. The minimum absolute atomic E-state index is 0.0460. The van der Waals surface area contributed by atoms with E-state index < -0.39 is 0 Å². The summed E-state index contributed by atoms with van der Waals surface area (Å²) < 4.78 is 13.8. The Labute approximate surface area is 112 Å². The second-order valence-electron chi connectivity index (χ2n) is 4.16. The molecule has 0 spiro atoms. The molecule has 0 heterocycles. The van der Waals surface area contributed by atoms with Crippen molar-refractivity contribution in [3.8, 4) is 0 Å². The monoisotopic (exact) mass is 275 g/mol. The van der Waals surface area contributed by atoms with Crippen molar-refractivity contribution in [3.05, 3.63) is 34.6 Å². The predicted molar refractivity (Wildman–Crippen MR) is 75.4 cm³/mol. The number of nitrogens with one attached hydrogen (secondary N) is 1. The fraction of sp³-hybridized carbons (Fsp3) is 0.538. The zero-order valence-electron chi connectivity index (χ0n) is 10.5. The number of halogens is 2. The molecular formula is C13H19ClFNS. The van der Waals surface area contributed by atoms with Crippen LogP contribution in [0.15, 0.2) is 18.2 Å². The number of benzene rings is 1. The first-order valence-electron chi connectivity index (χ1n) is 5.84. The van der Waals surface area contributed by atoms with Crippen molar-refractivity contribution in [3.63, 3.8) is 0 Å². The molecular weight excluding hydrogens is 257 g/mol. The first-order valence-corrected chi connectivity index (χ1v) is 7.27. The van der Waals surface area contributed by atoms with Crippen LogP contribution in [0.2, 0.25) is 5.02 Å². The second-order valence-corrected chi connectivity index (χ2v) is 6.20. The highest BCUT2D eigenvalue weighted by Crippen LogP contribution is 2.25. The van der Waals surface area contributed by atoms with E-state index in [1.165, 1.54) is 6.07 Å². The largest absolute Gasteiger partial charge is 0.309 e. The van der Waals surface area contributed by atoms with Crippen LogP contribution in [-0.4, -0.2) is 17.5 Å². The van der Waals surface area contributed by atoms with E-state index in [2.05, 4.69) is 19.2 Å². The molecule has 0 aromatic heterocycles. The van der Waals surface area contributed by atoms with Crippen molar-refractivity contribution in [2.45, 2.75) is 32.1 Å². The fourth-order valence-electron chi connectivity index (χ4n) is 1.58. The molecule has 0 saturated heterocycles. The summed E-state index contributed by atoms with van der Waals surface area (Å²) in [5.41, 5.74) is 0.699. The van der Waals surface area contributed by atoms with Gasteiger partial charge in [0.15, 0.2) is 0 Å². The number of hydrogen-bond acceptors (Lipinski definition) is 2. The summed E-state index contributed by atoms with van der Waals surface area (Å²) >= 11 is 7.59. The summed E-state index contributed by atoms with van der Waals surface area (Å²) in [6.07, 6.45) is 0. The van der Waals surface area contributed by atoms with Crippen molar-refractivity contribution in [2.75, 3.05) is 12.3 Å².